The van der Waals surface area contributed by atoms with Crippen LogP contribution in [0.15, 0.2) is 64.3 Å². The van der Waals surface area contributed by atoms with E-state index < -0.39 is 15.1 Å². The summed E-state index contributed by atoms with van der Waals surface area (Å²) < 4.78 is 38.9. The molecule has 0 unspecified atom stereocenters. The summed E-state index contributed by atoms with van der Waals surface area (Å²) in [5.41, 5.74) is 4.72. The zero-order valence-corrected chi connectivity index (χ0v) is 20.7. The monoisotopic (exact) mass is 501 g/mol. The van der Waals surface area contributed by atoms with Crippen LogP contribution in [0.1, 0.15) is 37.8 Å². The fraction of sp³-hybridized carbons (Fsp3) is 0.214. The lowest BCUT2D eigenvalue weighted by Crippen LogP contribution is -2.11. The first-order valence-corrected chi connectivity index (χ1v) is 13.2. The molecule has 0 saturated carbocycles. The predicted octanol–water partition coefficient (Wildman–Crippen LogP) is 6.20. The van der Waals surface area contributed by atoms with E-state index in [0.717, 1.165) is 29.4 Å². The van der Waals surface area contributed by atoms with Crippen LogP contribution in [-0.2, 0) is 23.2 Å². The van der Waals surface area contributed by atoms with Crippen molar-refractivity contribution in [1.29, 1.82) is 5.26 Å². The van der Waals surface area contributed by atoms with Crippen molar-refractivity contribution < 1.29 is 12.3 Å². The van der Waals surface area contributed by atoms with Gasteiger partial charge in [0.05, 0.1) is 27.4 Å². The number of pyridine rings is 1. The van der Waals surface area contributed by atoms with E-state index in [-0.39, 0.29) is 5.43 Å². The molecule has 0 radical (unpaired) electrons. The summed E-state index contributed by atoms with van der Waals surface area (Å²) in [6, 6.07) is 17.0. The summed E-state index contributed by atoms with van der Waals surface area (Å²) in [6.45, 7) is 4.63. The van der Waals surface area contributed by atoms with Gasteiger partial charge in [-0.15, -0.1) is 3.89 Å². The lowest BCUT2D eigenvalue weighted by molar-refractivity contribution is 0.552. The molecule has 182 valence electrons. The fourth-order valence-electron chi connectivity index (χ4n) is 4.97. The number of nitriles is 1. The molecule has 0 bridgehead atoms. The average molecular weight is 502 g/mol. The quantitative estimate of drug-likeness (QED) is 0.280. The van der Waals surface area contributed by atoms with Crippen molar-refractivity contribution >= 4 is 43.1 Å². The molecule has 0 aliphatic carbocycles. The van der Waals surface area contributed by atoms with E-state index in [4.69, 9.17) is 0 Å². The number of nitrogens with one attached hydrogen (secondary N) is 1. The Bertz CT molecular complexity index is 1880. The topological polar surface area (TPSA) is 95.7 Å². The Morgan fingerprint density at radius 2 is 1.86 bits per heavy atom. The van der Waals surface area contributed by atoms with Gasteiger partial charge in [-0.3, -0.25) is 4.79 Å². The van der Waals surface area contributed by atoms with Gasteiger partial charge in [-0.05, 0) is 72.9 Å². The summed E-state index contributed by atoms with van der Waals surface area (Å²) in [5, 5.41) is 11.2. The molecule has 36 heavy (non-hydrogen) atoms. The Balaban J connectivity index is 1.89. The molecule has 0 fully saturated rings. The van der Waals surface area contributed by atoms with Gasteiger partial charge in [0, 0.05) is 22.8 Å². The first-order chi connectivity index (χ1) is 17.3. The van der Waals surface area contributed by atoms with Gasteiger partial charge in [0.15, 0.2) is 5.43 Å². The molecule has 3 aromatic carbocycles. The van der Waals surface area contributed by atoms with Gasteiger partial charge < -0.3 is 9.55 Å². The summed E-state index contributed by atoms with van der Waals surface area (Å²) in [6.07, 6.45) is 2.52. The summed E-state index contributed by atoms with van der Waals surface area (Å²) >= 11 is 0. The first kappa shape index (κ1) is 23.8. The van der Waals surface area contributed by atoms with E-state index in [0.29, 0.717) is 51.5 Å². The van der Waals surface area contributed by atoms with Crippen LogP contribution in [0.4, 0.5) is 3.89 Å². The molecule has 0 aliphatic heterocycles. The number of aromatic amines is 1. The highest BCUT2D eigenvalue weighted by atomic mass is 32.3. The predicted molar refractivity (Wildman–Crippen MR) is 140 cm³/mol. The minimum atomic E-state index is -4.86. The number of rotatable bonds is 6. The van der Waals surface area contributed by atoms with Crippen molar-refractivity contribution in [2.75, 3.05) is 0 Å². The van der Waals surface area contributed by atoms with Crippen molar-refractivity contribution in [3.05, 3.63) is 75.9 Å². The second-order valence-corrected chi connectivity index (χ2v) is 10.2. The van der Waals surface area contributed by atoms with Gasteiger partial charge in [0.1, 0.15) is 5.65 Å². The van der Waals surface area contributed by atoms with E-state index in [1.807, 2.05) is 23.6 Å². The van der Waals surface area contributed by atoms with Crippen LogP contribution in [0.2, 0.25) is 0 Å². The number of unbranched alkanes of at least 4 members (excludes halogenated alkanes) is 1. The molecule has 5 rings (SSSR count). The van der Waals surface area contributed by atoms with Gasteiger partial charge in [0.25, 0.3) is 0 Å². The molecular weight excluding hydrogens is 477 g/mol. The minimum absolute atomic E-state index is 0.106. The zero-order valence-electron chi connectivity index (χ0n) is 19.9. The smallest absolute Gasteiger partial charge is 0.332 e. The van der Waals surface area contributed by atoms with Crippen LogP contribution in [0.5, 0.6) is 0 Å². The Labute approximate surface area is 207 Å². The van der Waals surface area contributed by atoms with Gasteiger partial charge in [-0.25, -0.2) is 0 Å². The Kier molecular flexibility index (Phi) is 5.89. The van der Waals surface area contributed by atoms with Crippen LogP contribution in [-0.4, -0.2) is 18.0 Å². The number of benzene rings is 3. The molecule has 0 aliphatic rings. The van der Waals surface area contributed by atoms with E-state index in [9.17, 15) is 22.4 Å². The van der Waals surface area contributed by atoms with E-state index >= 15 is 0 Å². The first-order valence-electron chi connectivity index (χ1n) is 11.9. The molecular formula is C28H24FN3O3S. The van der Waals surface area contributed by atoms with Crippen molar-refractivity contribution in [2.45, 2.75) is 44.6 Å². The van der Waals surface area contributed by atoms with Gasteiger partial charge in [-0.1, -0.05) is 31.5 Å². The van der Waals surface area contributed by atoms with Crippen LogP contribution in [0.3, 0.4) is 0 Å². The lowest BCUT2D eigenvalue weighted by Gasteiger charge is -2.16. The zero-order chi connectivity index (χ0) is 25.6. The number of halogens is 1. The molecule has 0 spiro atoms. The number of aryl methyl sites for hydroxylation is 2. The molecule has 8 heteroatoms. The van der Waals surface area contributed by atoms with Gasteiger partial charge in [0.2, 0.25) is 0 Å². The summed E-state index contributed by atoms with van der Waals surface area (Å²) in [5.74, 6) is 0. The Morgan fingerprint density at radius 3 is 2.56 bits per heavy atom. The van der Waals surface area contributed by atoms with E-state index in [2.05, 4.69) is 18.0 Å². The highest BCUT2D eigenvalue weighted by Crippen LogP contribution is 2.33. The molecule has 6 nitrogen and oxygen atoms in total. The van der Waals surface area contributed by atoms with E-state index in [1.54, 1.807) is 24.3 Å². The van der Waals surface area contributed by atoms with Crippen LogP contribution >= 0.6 is 0 Å². The maximum Gasteiger partial charge on any atom is 0.332 e. The van der Waals surface area contributed by atoms with Crippen molar-refractivity contribution in [1.82, 2.24) is 9.55 Å². The van der Waals surface area contributed by atoms with Crippen molar-refractivity contribution in [2.24, 2.45) is 0 Å². The number of aromatic nitrogens is 2. The second kappa shape index (κ2) is 8.92. The summed E-state index contributed by atoms with van der Waals surface area (Å²) in [7, 11) is -4.86. The molecule has 1 N–H and O–H groups in total. The largest absolute Gasteiger partial charge is 0.340 e. The molecule has 2 heterocycles. The molecule has 2 aromatic heterocycles. The van der Waals surface area contributed by atoms with Gasteiger partial charge in [-0.2, -0.15) is 13.7 Å². The highest BCUT2D eigenvalue weighted by molar-refractivity contribution is 7.86. The molecule has 0 saturated heterocycles. The van der Waals surface area contributed by atoms with Gasteiger partial charge >= 0.3 is 10.2 Å². The van der Waals surface area contributed by atoms with Crippen molar-refractivity contribution in [3.63, 3.8) is 0 Å². The Morgan fingerprint density at radius 1 is 1.06 bits per heavy atom. The van der Waals surface area contributed by atoms with Crippen molar-refractivity contribution in [3.8, 4) is 17.2 Å². The number of hydrogen-bond donors (Lipinski definition) is 1. The number of nitrogens with zero attached hydrogens (tertiary/aromatic N) is 2. The number of hydrogen-bond acceptors (Lipinski definition) is 4. The Hall–Kier alpha value is -3.96. The minimum Gasteiger partial charge on any atom is -0.340 e. The summed E-state index contributed by atoms with van der Waals surface area (Å²) in [4.78, 5) is 16.7. The normalized spacial score (nSPS) is 11.9. The SMILES string of the molecule is CCCCc1cc2c(=O)c3c4ccc(C#N)cc4[nH]c3n(CC)c2cc1-c1cccc(S(=O)(=O)F)c1. The second-order valence-electron chi connectivity index (χ2n) is 8.89. The maximum atomic E-state index is 13.8. The third kappa shape index (κ3) is 3.86. The fourth-order valence-corrected chi connectivity index (χ4v) is 5.47. The van der Waals surface area contributed by atoms with E-state index in [1.165, 1.54) is 18.2 Å². The highest BCUT2D eigenvalue weighted by Gasteiger charge is 2.19. The number of H-pyrrole nitrogens is 1. The lowest BCUT2D eigenvalue weighted by atomic mass is 9.93. The average Bonchev–Trinajstić information content (AvgIpc) is 3.25. The molecule has 5 aromatic rings. The van der Waals surface area contributed by atoms with Crippen LogP contribution in [0, 0.1) is 11.3 Å². The number of fused-ring (bicyclic) bond motifs is 4. The van der Waals surface area contributed by atoms with Crippen LogP contribution in [0.25, 0.3) is 44.0 Å². The maximum absolute atomic E-state index is 13.8. The third-order valence-corrected chi connectivity index (χ3v) is 7.52. The molecule has 0 atom stereocenters. The van der Waals surface area contributed by atoms with Crippen LogP contribution < -0.4 is 5.43 Å². The molecule has 0 amide bonds. The third-order valence-electron chi connectivity index (χ3n) is 6.70. The standard InChI is InChI=1S/C28H24FN3O3S/c1-3-5-7-19-14-23-25(15-22(19)18-8-6-9-20(13-18)36(29,34)35)32(4-2)28-26(27(23)33)21-11-10-17(16-30)12-24(21)31-28/h6,8-15,31H,3-5,7H2,1-2H3.